The summed E-state index contributed by atoms with van der Waals surface area (Å²) >= 11 is 0. The van der Waals surface area contributed by atoms with E-state index < -0.39 is 0 Å². The van der Waals surface area contributed by atoms with Crippen molar-refractivity contribution in [2.75, 3.05) is 13.2 Å². The van der Waals surface area contributed by atoms with Gasteiger partial charge in [-0.3, -0.25) is 4.79 Å². The fraction of sp³-hybridized carbons (Fsp3) is 0.933. The molecule has 0 spiro atoms. The summed E-state index contributed by atoms with van der Waals surface area (Å²) in [5.41, 5.74) is 0. The Morgan fingerprint density at radius 1 is 1.00 bits per heavy atom. The molecule has 1 fully saturated rings. The molecule has 0 bridgehead atoms. The second-order valence-electron chi connectivity index (χ2n) is 5.38. The van der Waals surface area contributed by atoms with Gasteiger partial charge in [-0.05, 0) is 6.42 Å². The molecule has 0 aliphatic carbocycles. The minimum atomic E-state index is 0.200. The van der Waals surface area contributed by atoms with Crippen LogP contribution in [0.1, 0.15) is 71.1 Å². The van der Waals surface area contributed by atoms with E-state index in [1.54, 1.807) is 0 Å². The van der Waals surface area contributed by atoms with Crippen molar-refractivity contribution in [1.82, 2.24) is 5.32 Å². The zero-order valence-corrected chi connectivity index (χ0v) is 11.9. The normalized spacial score (nSPS) is 15.4. The molecular formula is C15H29NO2. The van der Waals surface area contributed by atoms with Crippen LogP contribution in [0.5, 0.6) is 0 Å². The van der Waals surface area contributed by atoms with E-state index in [0.29, 0.717) is 19.6 Å². The highest BCUT2D eigenvalue weighted by molar-refractivity contribution is 5.76. The van der Waals surface area contributed by atoms with Crippen LogP contribution in [0.25, 0.3) is 0 Å². The molecule has 1 aliphatic heterocycles. The predicted molar refractivity (Wildman–Crippen MR) is 74.6 cm³/mol. The average Bonchev–Trinajstić information content (AvgIpc) is 2.32. The molecular weight excluding hydrogens is 226 g/mol. The fourth-order valence-corrected chi connectivity index (χ4v) is 2.22. The highest BCUT2D eigenvalue weighted by Gasteiger charge is 2.19. The molecule has 0 aromatic heterocycles. The lowest BCUT2D eigenvalue weighted by Crippen LogP contribution is -2.48. The first-order valence-electron chi connectivity index (χ1n) is 7.70. The summed E-state index contributed by atoms with van der Waals surface area (Å²) < 4.78 is 5.02. The van der Waals surface area contributed by atoms with Crippen LogP contribution >= 0.6 is 0 Å². The molecule has 1 rings (SSSR count). The molecule has 0 saturated carbocycles. The van der Waals surface area contributed by atoms with E-state index >= 15 is 0 Å². The lowest BCUT2D eigenvalue weighted by Gasteiger charge is -2.26. The fourth-order valence-electron chi connectivity index (χ4n) is 2.22. The molecule has 0 radical (unpaired) electrons. The molecule has 1 heterocycles. The third-order valence-corrected chi connectivity index (χ3v) is 3.51. The Labute approximate surface area is 112 Å². The molecule has 1 amide bonds. The van der Waals surface area contributed by atoms with Crippen molar-refractivity contribution >= 4 is 5.91 Å². The molecule has 1 N–H and O–H groups in total. The molecule has 1 saturated heterocycles. The topological polar surface area (TPSA) is 38.3 Å². The number of amides is 1. The number of carbonyl (C=O) groups is 1. The van der Waals surface area contributed by atoms with Crippen LogP contribution in [0.2, 0.25) is 0 Å². The molecule has 0 unspecified atom stereocenters. The van der Waals surface area contributed by atoms with E-state index in [4.69, 9.17) is 4.74 Å². The Kier molecular flexibility index (Phi) is 8.92. The SMILES string of the molecule is CCCCCCCCCCCC(=O)NC1COC1. The van der Waals surface area contributed by atoms with Crippen molar-refractivity contribution in [3.8, 4) is 0 Å². The molecule has 3 heteroatoms. The number of hydrogen-bond acceptors (Lipinski definition) is 2. The van der Waals surface area contributed by atoms with Gasteiger partial charge in [0.05, 0.1) is 19.3 Å². The van der Waals surface area contributed by atoms with Gasteiger partial charge in [-0.1, -0.05) is 58.3 Å². The standard InChI is InChI=1S/C15H29NO2/c1-2-3-4-5-6-7-8-9-10-11-15(17)16-14-12-18-13-14/h14H,2-13H2,1H3,(H,16,17). The predicted octanol–water partition coefficient (Wildman–Crippen LogP) is 3.42. The summed E-state index contributed by atoms with van der Waals surface area (Å²) in [5, 5.41) is 2.98. The number of rotatable bonds is 11. The summed E-state index contributed by atoms with van der Waals surface area (Å²) in [6, 6.07) is 0.288. The number of unbranched alkanes of at least 4 members (excludes halogenated alkanes) is 8. The Morgan fingerprint density at radius 3 is 2.06 bits per heavy atom. The van der Waals surface area contributed by atoms with Gasteiger partial charge in [0.1, 0.15) is 0 Å². The second-order valence-corrected chi connectivity index (χ2v) is 5.38. The Hall–Kier alpha value is -0.570. The van der Waals surface area contributed by atoms with Crippen molar-refractivity contribution in [1.29, 1.82) is 0 Å². The molecule has 18 heavy (non-hydrogen) atoms. The minimum Gasteiger partial charge on any atom is -0.377 e. The Balaban J connectivity index is 1.76. The van der Waals surface area contributed by atoms with Gasteiger partial charge in [0.2, 0.25) is 5.91 Å². The van der Waals surface area contributed by atoms with Gasteiger partial charge in [-0.2, -0.15) is 0 Å². The lowest BCUT2D eigenvalue weighted by molar-refractivity contribution is -0.125. The third kappa shape index (κ3) is 7.70. The zero-order chi connectivity index (χ0) is 13.1. The summed E-state index contributed by atoms with van der Waals surface area (Å²) in [6.07, 6.45) is 12.4. The zero-order valence-electron chi connectivity index (χ0n) is 11.9. The van der Waals surface area contributed by atoms with Crippen LogP contribution in [0.3, 0.4) is 0 Å². The number of ether oxygens (including phenoxy) is 1. The quantitative estimate of drug-likeness (QED) is 0.574. The molecule has 0 atom stereocenters. The second kappa shape index (κ2) is 10.4. The Bertz CT molecular complexity index is 215. The lowest BCUT2D eigenvalue weighted by atomic mass is 10.1. The van der Waals surface area contributed by atoms with Gasteiger partial charge in [-0.15, -0.1) is 0 Å². The monoisotopic (exact) mass is 255 g/mol. The van der Waals surface area contributed by atoms with Gasteiger partial charge in [0.15, 0.2) is 0 Å². The summed E-state index contributed by atoms with van der Waals surface area (Å²) in [6.45, 7) is 3.65. The van der Waals surface area contributed by atoms with E-state index in [1.807, 2.05) is 0 Å². The van der Waals surface area contributed by atoms with E-state index in [2.05, 4.69) is 12.2 Å². The maximum atomic E-state index is 11.5. The van der Waals surface area contributed by atoms with Gasteiger partial charge >= 0.3 is 0 Å². The summed E-state index contributed by atoms with van der Waals surface area (Å²) in [7, 11) is 0. The van der Waals surface area contributed by atoms with Gasteiger partial charge in [0.25, 0.3) is 0 Å². The largest absolute Gasteiger partial charge is 0.377 e. The maximum Gasteiger partial charge on any atom is 0.220 e. The van der Waals surface area contributed by atoms with E-state index in [-0.39, 0.29) is 11.9 Å². The first-order valence-corrected chi connectivity index (χ1v) is 7.70. The molecule has 106 valence electrons. The van der Waals surface area contributed by atoms with Crippen LogP contribution in [-0.4, -0.2) is 25.2 Å². The number of hydrogen-bond donors (Lipinski definition) is 1. The first kappa shape index (κ1) is 15.5. The van der Waals surface area contributed by atoms with Gasteiger partial charge in [-0.25, -0.2) is 0 Å². The summed E-state index contributed by atoms with van der Waals surface area (Å²) in [4.78, 5) is 11.5. The minimum absolute atomic E-state index is 0.200. The van der Waals surface area contributed by atoms with Crippen molar-refractivity contribution in [2.45, 2.75) is 77.2 Å². The van der Waals surface area contributed by atoms with Crippen LogP contribution < -0.4 is 5.32 Å². The van der Waals surface area contributed by atoms with Crippen LogP contribution in [-0.2, 0) is 9.53 Å². The summed E-state index contributed by atoms with van der Waals surface area (Å²) in [5.74, 6) is 0.200. The maximum absolute atomic E-state index is 11.5. The number of carbonyl (C=O) groups excluding carboxylic acids is 1. The third-order valence-electron chi connectivity index (χ3n) is 3.51. The van der Waals surface area contributed by atoms with E-state index in [9.17, 15) is 4.79 Å². The van der Waals surface area contributed by atoms with Crippen molar-refractivity contribution in [3.63, 3.8) is 0 Å². The van der Waals surface area contributed by atoms with Crippen molar-refractivity contribution in [2.24, 2.45) is 0 Å². The number of nitrogens with one attached hydrogen (secondary N) is 1. The van der Waals surface area contributed by atoms with Gasteiger partial charge < -0.3 is 10.1 Å². The molecule has 1 aliphatic rings. The van der Waals surface area contributed by atoms with E-state index in [0.717, 1.165) is 6.42 Å². The molecule has 0 aromatic carbocycles. The molecule has 0 aromatic rings. The van der Waals surface area contributed by atoms with Crippen LogP contribution in [0.15, 0.2) is 0 Å². The van der Waals surface area contributed by atoms with E-state index in [1.165, 1.54) is 51.4 Å². The molecule has 3 nitrogen and oxygen atoms in total. The smallest absolute Gasteiger partial charge is 0.220 e. The Morgan fingerprint density at radius 2 is 1.56 bits per heavy atom. The van der Waals surface area contributed by atoms with Crippen LogP contribution in [0, 0.1) is 0 Å². The highest BCUT2D eigenvalue weighted by atomic mass is 16.5. The van der Waals surface area contributed by atoms with Gasteiger partial charge in [0, 0.05) is 6.42 Å². The van der Waals surface area contributed by atoms with Crippen molar-refractivity contribution in [3.05, 3.63) is 0 Å². The first-order chi connectivity index (χ1) is 8.83. The highest BCUT2D eigenvalue weighted by Crippen LogP contribution is 2.10. The van der Waals surface area contributed by atoms with Crippen LogP contribution in [0.4, 0.5) is 0 Å². The van der Waals surface area contributed by atoms with Crippen molar-refractivity contribution < 1.29 is 9.53 Å². The average molecular weight is 255 g/mol.